The lowest BCUT2D eigenvalue weighted by molar-refractivity contribution is 0.125. The maximum Gasteiger partial charge on any atom is 0.0523 e. The van der Waals surface area contributed by atoms with Gasteiger partial charge in [0.1, 0.15) is 0 Å². The van der Waals surface area contributed by atoms with Gasteiger partial charge in [0.15, 0.2) is 0 Å². The monoisotopic (exact) mass is 485 g/mol. The molecule has 2 atom stereocenters. The maximum atomic E-state index is 3.82. The lowest BCUT2D eigenvalue weighted by Crippen LogP contribution is -2.45. The van der Waals surface area contributed by atoms with Gasteiger partial charge in [-0.15, -0.1) is 0 Å². The van der Waals surface area contributed by atoms with E-state index in [4.69, 9.17) is 0 Å². The second kappa shape index (κ2) is 8.42. The van der Waals surface area contributed by atoms with E-state index in [1.54, 1.807) is 11.3 Å². The number of fused-ring (bicyclic) bond motifs is 5. The van der Waals surface area contributed by atoms with Crippen LogP contribution >= 0.6 is 15.9 Å². The van der Waals surface area contributed by atoms with Crippen LogP contribution in [0.3, 0.4) is 0 Å². The highest BCUT2D eigenvalue weighted by atomic mass is 79.9. The fourth-order valence-corrected chi connectivity index (χ4v) is 6.14. The van der Waals surface area contributed by atoms with Crippen LogP contribution in [-0.2, 0) is 13.0 Å². The SMILES string of the molecule is Brc1cccc(NC2CCN3CCc4c(n(Cc5ccccc5)c5ccccc45)C3C2)c1. The first-order valence-electron chi connectivity index (χ1n) is 11.7. The third kappa shape index (κ3) is 3.66. The molecule has 162 valence electrons. The van der Waals surface area contributed by atoms with Gasteiger partial charge < -0.3 is 9.88 Å². The summed E-state index contributed by atoms with van der Waals surface area (Å²) in [5.41, 5.74) is 7.07. The quantitative estimate of drug-likeness (QED) is 0.350. The van der Waals surface area contributed by atoms with Crippen molar-refractivity contribution >= 4 is 32.5 Å². The van der Waals surface area contributed by atoms with Crippen LogP contribution in [0.4, 0.5) is 5.69 Å². The summed E-state index contributed by atoms with van der Waals surface area (Å²) in [6.07, 6.45) is 3.49. The minimum Gasteiger partial charge on any atom is -0.382 e. The average Bonchev–Trinajstić information content (AvgIpc) is 3.14. The zero-order valence-electron chi connectivity index (χ0n) is 18.2. The van der Waals surface area contributed by atoms with Crippen molar-refractivity contribution in [1.29, 1.82) is 0 Å². The Balaban J connectivity index is 1.38. The largest absolute Gasteiger partial charge is 0.382 e. The number of para-hydroxylation sites is 1. The number of hydrogen-bond donors (Lipinski definition) is 1. The summed E-state index contributed by atoms with van der Waals surface area (Å²) >= 11 is 3.61. The molecule has 2 aliphatic rings. The van der Waals surface area contributed by atoms with Crippen LogP contribution in [0.1, 0.15) is 35.7 Å². The molecular formula is C28H28BrN3. The van der Waals surface area contributed by atoms with Crippen LogP contribution in [0.15, 0.2) is 83.3 Å². The van der Waals surface area contributed by atoms with Gasteiger partial charge in [0, 0.05) is 52.4 Å². The highest BCUT2D eigenvalue weighted by Gasteiger charge is 2.37. The first-order valence-corrected chi connectivity index (χ1v) is 12.5. The van der Waals surface area contributed by atoms with Crippen molar-refractivity contribution in [3.63, 3.8) is 0 Å². The normalized spacial score (nSPS) is 20.7. The van der Waals surface area contributed by atoms with E-state index in [2.05, 4.69) is 110 Å². The Morgan fingerprint density at radius 1 is 0.906 bits per heavy atom. The summed E-state index contributed by atoms with van der Waals surface area (Å²) in [4.78, 5) is 2.72. The summed E-state index contributed by atoms with van der Waals surface area (Å²) in [6.45, 7) is 3.26. The van der Waals surface area contributed by atoms with Crippen LogP contribution < -0.4 is 5.32 Å². The van der Waals surface area contributed by atoms with Gasteiger partial charge in [-0.3, -0.25) is 4.90 Å². The summed E-state index contributed by atoms with van der Waals surface area (Å²) < 4.78 is 3.74. The topological polar surface area (TPSA) is 20.2 Å². The first-order chi connectivity index (χ1) is 15.8. The Hall–Kier alpha value is -2.56. The number of aromatic nitrogens is 1. The molecule has 3 heterocycles. The number of nitrogens with zero attached hydrogens (tertiary/aromatic N) is 2. The lowest BCUT2D eigenvalue weighted by atomic mass is 9.88. The summed E-state index contributed by atoms with van der Waals surface area (Å²) in [7, 11) is 0. The van der Waals surface area contributed by atoms with Gasteiger partial charge in [-0.05, 0) is 54.7 Å². The molecule has 4 aromatic rings. The molecule has 1 saturated heterocycles. The molecule has 0 aliphatic carbocycles. The van der Waals surface area contributed by atoms with Crippen LogP contribution in [0.5, 0.6) is 0 Å². The third-order valence-corrected chi connectivity index (χ3v) is 7.67. The molecule has 1 aromatic heterocycles. The fraction of sp³-hybridized carbons (Fsp3) is 0.286. The minimum atomic E-state index is 0.466. The fourth-order valence-electron chi connectivity index (χ4n) is 5.74. The summed E-state index contributed by atoms with van der Waals surface area (Å²) in [5.74, 6) is 0. The van der Waals surface area contributed by atoms with Gasteiger partial charge >= 0.3 is 0 Å². The molecule has 32 heavy (non-hydrogen) atoms. The van der Waals surface area contributed by atoms with Crippen molar-refractivity contribution in [1.82, 2.24) is 9.47 Å². The number of nitrogens with one attached hydrogen (secondary N) is 1. The zero-order chi connectivity index (χ0) is 21.5. The molecule has 3 nitrogen and oxygen atoms in total. The number of benzene rings is 3. The Morgan fingerprint density at radius 2 is 1.75 bits per heavy atom. The molecule has 0 radical (unpaired) electrons. The molecular weight excluding hydrogens is 458 g/mol. The molecule has 0 saturated carbocycles. The molecule has 2 aliphatic heterocycles. The van der Waals surface area contributed by atoms with E-state index >= 15 is 0 Å². The average molecular weight is 486 g/mol. The Kier molecular flexibility index (Phi) is 5.28. The van der Waals surface area contributed by atoms with Gasteiger partial charge in [0.05, 0.1) is 6.04 Å². The van der Waals surface area contributed by atoms with Crippen LogP contribution in [0, 0.1) is 0 Å². The van der Waals surface area contributed by atoms with Gasteiger partial charge in [0.25, 0.3) is 0 Å². The Morgan fingerprint density at radius 3 is 2.62 bits per heavy atom. The molecule has 0 bridgehead atoms. The predicted octanol–water partition coefficient (Wildman–Crippen LogP) is 6.63. The number of rotatable bonds is 4. The van der Waals surface area contributed by atoms with Crippen LogP contribution in [0.25, 0.3) is 10.9 Å². The number of piperidine rings is 1. The van der Waals surface area contributed by atoms with E-state index in [1.807, 2.05) is 0 Å². The standard InChI is InChI=1S/C28H28BrN3/c29-21-9-6-10-22(17-21)30-23-13-15-31-16-14-25-24-11-4-5-12-26(24)32(28(25)27(31)18-23)19-20-7-2-1-3-8-20/h1-12,17,23,27,30H,13-16,18-19H2. The van der Waals surface area contributed by atoms with E-state index in [0.717, 1.165) is 30.4 Å². The molecule has 0 amide bonds. The van der Waals surface area contributed by atoms with Gasteiger partial charge in [-0.25, -0.2) is 0 Å². The van der Waals surface area contributed by atoms with Crippen LogP contribution in [-0.4, -0.2) is 28.6 Å². The Labute approximate surface area is 198 Å². The first kappa shape index (κ1) is 20.1. The van der Waals surface area contributed by atoms with Crippen molar-refractivity contribution in [2.75, 3.05) is 18.4 Å². The second-order valence-corrected chi connectivity index (χ2v) is 10.0. The maximum absolute atomic E-state index is 3.82. The van der Waals surface area contributed by atoms with Gasteiger partial charge in [0.2, 0.25) is 0 Å². The Bertz CT molecular complexity index is 1250. The van der Waals surface area contributed by atoms with E-state index < -0.39 is 0 Å². The van der Waals surface area contributed by atoms with Crippen molar-refractivity contribution < 1.29 is 0 Å². The molecule has 6 rings (SSSR count). The van der Waals surface area contributed by atoms with E-state index in [1.165, 1.54) is 35.1 Å². The zero-order valence-corrected chi connectivity index (χ0v) is 19.8. The van der Waals surface area contributed by atoms with Crippen molar-refractivity contribution in [2.45, 2.75) is 37.9 Å². The van der Waals surface area contributed by atoms with Crippen molar-refractivity contribution in [3.8, 4) is 0 Å². The second-order valence-electron chi connectivity index (χ2n) is 9.13. The minimum absolute atomic E-state index is 0.466. The highest BCUT2D eigenvalue weighted by molar-refractivity contribution is 9.10. The summed E-state index contributed by atoms with van der Waals surface area (Å²) in [6, 6.07) is 29.4. The molecule has 0 spiro atoms. The highest BCUT2D eigenvalue weighted by Crippen LogP contribution is 2.42. The number of hydrogen-bond acceptors (Lipinski definition) is 2. The molecule has 1 N–H and O–H groups in total. The number of halogens is 1. The van der Waals surface area contributed by atoms with Crippen molar-refractivity contribution in [3.05, 3.63) is 100 Å². The molecule has 4 heteroatoms. The molecule has 2 unspecified atom stereocenters. The van der Waals surface area contributed by atoms with Gasteiger partial charge in [-0.1, -0.05) is 70.5 Å². The van der Waals surface area contributed by atoms with Gasteiger partial charge in [-0.2, -0.15) is 0 Å². The molecule has 3 aromatic carbocycles. The van der Waals surface area contributed by atoms with E-state index in [-0.39, 0.29) is 0 Å². The van der Waals surface area contributed by atoms with Crippen molar-refractivity contribution in [2.24, 2.45) is 0 Å². The molecule has 1 fully saturated rings. The van der Waals surface area contributed by atoms with E-state index in [0.29, 0.717) is 12.1 Å². The lowest BCUT2D eigenvalue weighted by Gasteiger charge is -2.43. The number of anilines is 1. The summed E-state index contributed by atoms with van der Waals surface area (Å²) in [5, 5.41) is 5.27. The smallest absolute Gasteiger partial charge is 0.0523 e. The third-order valence-electron chi connectivity index (χ3n) is 7.18. The van der Waals surface area contributed by atoms with E-state index in [9.17, 15) is 0 Å². The van der Waals surface area contributed by atoms with Crippen LogP contribution in [0.2, 0.25) is 0 Å². The predicted molar refractivity (Wildman–Crippen MR) is 136 cm³/mol.